The van der Waals surface area contributed by atoms with Gasteiger partial charge in [0.05, 0.1) is 35.5 Å². The van der Waals surface area contributed by atoms with Gasteiger partial charge in [-0.2, -0.15) is 0 Å². The molecule has 146 valence electrons. The van der Waals surface area contributed by atoms with Crippen LogP contribution in [0.1, 0.15) is 12.1 Å². The first-order chi connectivity index (χ1) is 13.4. The second-order valence-electron chi connectivity index (χ2n) is 6.24. The SMILES string of the molecule is COc1ccc(NC(=O)CCS(=O)(=O)c2ccccc2)cc1-n1cnc(C)c1. The van der Waals surface area contributed by atoms with Crippen LogP contribution < -0.4 is 10.1 Å². The number of amides is 1. The molecule has 3 rings (SSSR count). The Morgan fingerprint density at radius 2 is 1.93 bits per heavy atom. The number of rotatable bonds is 7. The Labute approximate surface area is 163 Å². The lowest BCUT2D eigenvalue weighted by Gasteiger charge is -2.12. The van der Waals surface area contributed by atoms with E-state index in [2.05, 4.69) is 10.3 Å². The van der Waals surface area contributed by atoms with Crippen LogP contribution in [-0.4, -0.2) is 36.7 Å². The molecule has 7 nitrogen and oxygen atoms in total. The fourth-order valence-electron chi connectivity index (χ4n) is 2.72. The van der Waals surface area contributed by atoms with Crippen LogP contribution in [0.3, 0.4) is 0 Å². The summed E-state index contributed by atoms with van der Waals surface area (Å²) in [6.45, 7) is 1.88. The van der Waals surface area contributed by atoms with Gasteiger partial charge in [0.2, 0.25) is 5.91 Å². The predicted octanol–water partition coefficient (Wildman–Crippen LogP) is 2.99. The molecule has 0 unspecified atom stereocenters. The smallest absolute Gasteiger partial charge is 0.225 e. The largest absolute Gasteiger partial charge is 0.495 e. The van der Waals surface area contributed by atoms with Crippen molar-refractivity contribution in [1.82, 2.24) is 9.55 Å². The number of hydrogen-bond acceptors (Lipinski definition) is 5. The van der Waals surface area contributed by atoms with E-state index in [1.807, 2.05) is 13.1 Å². The number of nitrogens with one attached hydrogen (secondary N) is 1. The molecule has 2 aromatic carbocycles. The number of imidazole rings is 1. The highest BCUT2D eigenvalue weighted by molar-refractivity contribution is 7.91. The molecule has 3 aromatic rings. The van der Waals surface area contributed by atoms with Gasteiger partial charge in [0.1, 0.15) is 5.75 Å². The molecule has 0 atom stereocenters. The van der Waals surface area contributed by atoms with E-state index in [1.54, 1.807) is 54.4 Å². The number of sulfone groups is 1. The van der Waals surface area contributed by atoms with Crippen LogP contribution >= 0.6 is 0 Å². The number of nitrogens with zero attached hydrogens (tertiary/aromatic N) is 2. The predicted molar refractivity (Wildman–Crippen MR) is 107 cm³/mol. The molecule has 1 heterocycles. The first-order valence-electron chi connectivity index (χ1n) is 8.66. The zero-order valence-electron chi connectivity index (χ0n) is 15.6. The average molecular weight is 399 g/mol. The molecule has 0 saturated carbocycles. The van der Waals surface area contributed by atoms with Gasteiger partial charge in [-0.3, -0.25) is 4.79 Å². The third kappa shape index (κ3) is 4.58. The zero-order valence-corrected chi connectivity index (χ0v) is 16.4. The second-order valence-corrected chi connectivity index (χ2v) is 8.35. The molecule has 0 bridgehead atoms. The van der Waals surface area contributed by atoms with Gasteiger partial charge in [-0.05, 0) is 37.3 Å². The van der Waals surface area contributed by atoms with Gasteiger partial charge in [0.25, 0.3) is 0 Å². The number of anilines is 1. The highest BCUT2D eigenvalue weighted by Crippen LogP contribution is 2.26. The summed E-state index contributed by atoms with van der Waals surface area (Å²) in [5.41, 5.74) is 2.12. The van der Waals surface area contributed by atoms with Gasteiger partial charge in [0, 0.05) is 18.3 Å². The van der Waals surface area contributed by atoms with Crippen LogP contribution in [0, 0.1) is 6.92 Å². The van der Waals surface area contributed by atoms with Crippen molar-refractivity contribution in [3.8, 4) is 11.4 Å². The minimum atomic E-state index is -3.50. The van der Waals surface area contributed by atoms with E-state index < -0.39 is 9.84 Å². The molecule has 8 heteroatoms. The fraction of sp³-hybridized carbons (Fsp3) is 0.200. The third-order valence-corrected chi connectivity index (χ3v) is 5.88. The van der Waals surface area contributed by atoms with Crippen LogP contribution in [0.15, 0.2) is 66.0 Å². The minimum absolute atomic E-state index is 0.136. The van der Waals surface area contributed by atoms with E-state index in [-0.39, 0.29) is 23.0 Å². The Kier molecular flexibility index (Phi) is 5.79. The van der Waals surface area contributed by atoms with Crippen molar-refractivity contribution in [2.45, 2.75) is 18.2 Å². The van der Waals surface area contributed by atoms with Crippen molar-refractivity contribution in [3.05, 3.63) is 66.7 Å². The summed E-state index contributed by atoms with van der Waals surface area (Å²) >= 11 is 0. The zero-order chi connectivity index (χ0) is 20.1. The summed E-state index contributed by atoms with van der Waals surface area (Å²) in [6.07, 6.45) is 3.36. The van der Waals surface area contributed by atoms with Crippen molar-refractivity contribution >= 4 is 21.4 Å². The molecule has 0 fully saturated rings. The van der Waals surface area contributed by atoms with Crippen molar-refractivity contribution in [1.29, 1.82) is 0 Å². The fourth-order valence-corrected chi connectivity index (χ4v) is 3.98. The van der Waals surface area contributed by atoms with Gasteiger partial charge >= 0.3 is 0 Å². The molecule has 1 aromatic heterocycles. The molecule has 1 amide bonds. The maximum atomic E-state index is 12.3. The molecule has 0 spiro atoms. The molecule has 0 aliphatic heterocycles. The number of ether oxygens (including phenoxy) is 1. The van der Waals surface area contributed by atoms with E-state index in [1.165, 1.54) is 12.1 Å². The van der Waals surface area contributed by atoms with Crippen LogP contribution in [0.4, 0.5) is 5.69 Å². The van der Waals surface area contributed by atoms with Crippen LogP contribution in [-0.2, 0) is 14.6 Å². The molecule has 1 N–H and O–H groups in total. The van der Waals surface area contributed by atoms with Gasteiger partial charge in [-0.15, -0.1) is 0 Å². The summed E-state index contributed by atoms with van der Waals surface area (Å²) < 4.78 is 31.8. The first kappa shape index (κ1) is 19.6. The van der Waals surface area contributed by atoms with E-state index >= 15 is 0 Å². The summed E-state index contributed by atoms with van der Waals surface area (Å²) in [5.74, 6) is -0.00784. The van der Waals surface area contributed by atoms with Gasteiger partial charge in [-0.1, -0.05) is 18.2 Å². The normalized spacial score (nSPS) is 11.2. The Morgan fingerprint density at radius 3 is 2.57 bits per heavy atom. The first-order valence-corrected chi connectivity index (χ1v) is 10.3. The Hall–Kier alpha value is -3.13. The number of methoxy groups -OCH3 is 1. The van der Waals surface area contributed by atoms with E-state index in [9.17, 15) is 13.2 Å². The van der Waals surface area contributed by atoms with E-state index in [0.29, 0.717) is 11.4 Å². The number of aryl methyl sites for hydroxylation is 1. The molecular weight excluding hydrogens is 378 g/mol. The van der Waals surface area contributed by atoms with Crippen LogP contribution in [0.2, 0.25) is 0 Å². The third-order valence-electron chi connectivity index (χ3n) is 4.15. The molecule has 0 saturated heterocycles. The van der Waals surface area contributed by atoms with Crippen LogP contribution in [0.25, 0.3) is 5.69 Å². The lowest BCUT2D eigenvalue weighted by molar-refractivity contribution is -0.115. The maximum absolute atomic E-state index is 12.3. The molecule has 0 aliphatic rings. The average Bonchev–Trinajstić information content (AvgIpc) is 3.13. The molecule has 0 radical (unpaired) electrons. The Morgan fingerprint density at radius 1 is 1.18 bits per heavy atom. The highest BCUT2D eigenvalue weighted by atomic mass is 32.2. The molecule has 0 aliphatic carbocycles. The lowest BCUT2D eigenvalue weighted by atomic mass is 10.2. The van der Waals surface area contributed by atoms with Crippen molar-refractivity contribution < 1.29 is 17.9 Å². The van der Waals surface area contributed by atoms with Gasteiger partial charge in [0.15, 0.2) is 9.84 Å². The maximum Gasteiger partial charge on any atom is 0.225 e. The molecular formula is C20H21N3O4S. The number of aromatic nitrogens is 2. The lowest BCUT2D eigenvalue weighted by Crippen LogP contribution is -2.17. The standard InChI is InChI=1S/C20H21N3O4S/c1-15-13-23(14-21-15)18-12-16(8-9-19(18)27-2)22-20(24)10-11-28(25,26)17-6-4-3-5-7-17/h3-9,12-14H,10-11H2,1-2H3,(H,22,24). The highest BCUT2D eigenvalue weighted by Gasteiger charge is 2.16. The summed E-state index contributed by atoms with van der Waals surface area (Å²) in [7, 11) is -1.94. The van der Waals surface area contributed by atoms with Crippen molar-refractivity contribution in [3.63, 3.8) is 0 Å². The number of carbonyl (C=O) groups excluding carboxylic acids is 1. The van der Waals surface area contributed by atoms with E-state index in [0.717, 1.165) is 11.4 Å². The second kappa shape index (κ2) is 8.26. The number of carbonyl (C=O) groups is 1. The Balaban J connectivity index is 1.70. The topological polar surface area (TPSA) is 90.3 Å². The number of benzene rings is 2. The van der Waals surface area contributed by atoms with Crippen molar-refractivity contribution in [2.24, 2.45) is 0 Å². The summed E-state index contributed by atoms with van der Waals surface area (Å²) in [6, 6.07) is 13.3. The Bertz CT molecular complexity index is 1080. The van der Waals surface area contributed by atoms with Gasteiger partial charge < -0.3 is 14.6 Å². The monoisotopic (exact) mass is 399 g/mol. The van der Waals surface area contributed by atoms with Crippen molar-refractivity contribution in [2.75, 3.05) is 18.2 Å². The van der Waals surface area contributed by atoms with Crippen LogP contribution in [0.5, 0.6) is 5.75 Å². The quantitative estimate of drug-likeness (QED) is 0.660. The molecule has 28 heavy (non-hydrogen) atoms. The summed E-state index contributed by atoms with van der Waals surface area (Å²) in [4.78, 5) is 16.7. The number of hydrogen-bond donors (Lipinski definition) is 1. The minimum Gasteiger partial charge on any atom is -0.495 e. The van der Waals surface area contributed by atoms with E-state index in [4.69, 9.17) is 4.74 Å². The van der Waals surface area contributed by atoms with Gasteiger partial charge in [-0.25, -0.2) is 13.4 Å². The summed E-state index contributed by atoms with van der Waals surface area (Å²) in [5, 5.41) is 2.74.